The van der Waals surface area contributed by atoms with Gasteiger partial charge < -0.3 is 0 Å². The maximum Gasteiger partial charge on any atom is -0.0319 e. The molecule has 0 nitrogen and oxygen atoms in total. The molecule has 0 heterocycles. The maximum atomic E-state index is 2.51. The summed E-state index contributed by atoms with van der Waals surface area (Å²) in [5.41, 5.74) is 0. The van der Waals surface area contributed by atoms with Gasteiger partial charge >= 0.3 is 0 Å². The first kappa shape index (κ1) is 11.5. The summed E-state index contributed by atoms with van der Waals surface area (Å²) in [4.78, 5) is 0. The zero-order valence-electron chi connectivity index (χ0n) is 11.2. The molecule has 6 unspecified atom stereocenters. The quantitative estimate of drug-likeness (QED) is 0.633. The second-order valence-corrected chi connectivity index (χ2v) is 6.59. The second kappa shape index (κ2) is 4.11. The van der Waals surface area contributed by atoms with Crippen molar-refractivity contribution in [3.63, 3.8) is 0 Å². The van der Waals surface area contributed by atoms with Crippen molar-refractivity contribution in [3.8, 4) is 0 Å². The summed E-state index contributed by atoms with van der Waals surface area (Å²) in [5.74, 6) is 7.30. The molecule has 2 rings (SSSR count). The Morgan fingerprint density at radius 1 is 1.20 bits per heavy atom. The Morgan fingerprint density at radius 2 is 1.87 bits per heavy atom. The molecule has 0 heteroatoms. The van der Waals surface area contributed by atoms with E-state index in [2.05, 4.69) is 34.6 Å². The van der Waals surface area contributed by atoms with E-state index in [4.69, 9.17) is 0 Å². The molecule has 0 spiro atoms. The van der Waals surface area contributed by atoms with Crippen molar-refractivity contribution in [2.24, 2.45) is 41.4 Å². The third-order valence-electron chi connectivity index (χ3n) is 5.52. The third kappa shape index (κ3) is 1.65. The van der Waals surface area contributed by atoms with Crippen LogP contribution in [0.15, 0.2) is 0 Å². The van der Waals surface area contributed by atoms with Gasteiger partial charge in [0.1, 0.15) is 0 Å². The van der Waals surface area contributed by atoms with Crippen molar-refractivity contribution in [1.82, 2.24) is 0 Å². The fraction of sp³-hybridized carbons (Fsp3) is 1.00. The fourth-order valence-corrected chi connectivity index (χ4v) is 4.64. The van der Waals surface area contributed by atoms with Crippen LogP contribution < -0.4 is 0 Å². The zero-order chi connectivity index (χ0) is 11.2. The minimum Gasteiger partial charge on any atom is -0.0654 e. The summed E-state index contributed by atoms with van der Waals surface area (Å²) in [6.07, 6.45) is 4.36. The van der Waals surface area contributed by atoms with Gasteiger partial charge in [-0.1, -0.05) is 47.5 Å². The number of fused-ring (bicyclic) bond motifs is 1. The smallest absolute Gasteiger partial charge is 0.0319 e. The zero-order valence-corrected chi connectivity index (χ0v) is 11.2. The fourth-order valence-electron chi connectivity index (χ4n) is 4.64. The summed E-state index contributed by atoms with van der Waals surface area (Å²) < 4.78 is 0. The van der Waals surface area contributed by atoms with Gasteiger partial charge in [0.05, 0.1) is 0 Å². The lowest BCUT2D eigenvalue weighted by atomic mass is 9.39. The van der Waals surface area contributed by atoms with Crippen molar-refractivity contribution in [2.45, 2.75) is 53.9 Å². The van der Waals surface area contributed by atoms with E-state index in [1.165, 1.54) is 12.8 Å². The molecule has 0 bridgehead atoms. The van der Waals surface area contributed by atoms with Crippen LogP contribution >= 0.6 is 0 Å². The highest BCUT2D eigenvalue weighted by atomic mass is 14.6. The molecule has 0 aromatic rings. The van der Waals surface area contributed by atoms with E-state index in [1.54, 1.807) is 6.42 Å². The van der Waals surface area contributed by atoms with E-state index >= 15 is 0 Å². The second-order valence-electron chi connectivity index (χ2n) is 6.59. The highest BCUT2D eigenvalue weighted by Crippen LogP contribution is 2.65. The Morgan fingerprint density at radius 3 is 2.40 bits per heavy atom. The van der Waals surface area contributed by atoms with Gasteiger partial charge in [-0.25, -0.2) is 0 Å². The van der Waals surface area contributed by atoms with Gasteiger partial charge in [0.2, 0.25) is 0 Å². The predicted octanol–water partition coefficient (Wildman–Crippen LogP) is 4.60. The molecule has 0 aromatic carbocycles. The first-order valence-electron chi connectivity index (χ1n) is 7.07. The molecular formula is C15H28. The molecule has 0 aliphatic heterocycles. The van der Waals surface area contributed by atoms with Crippen LogP contribution in [0, 0.1) is 41.4 Å². The largest absolute Gasteiger partial charge is 0.0654 e. The van der Waals surface area contributed by atoms with Crippen LogP contribution in [0.1, 0.15) is 53.9 Å². The van der Waals surface area contributed by atoms with Gasteiger partial charge in [-0.15, -0.1) is 0 Å². The summed E-state index contributed by atoms with van der Waals surface area (Å²) in [6.45, 7) is 12.2. The Balaban J connectivity index is 1.95. The molecule has 88 valence electrons. The summed E-state index contributed by atoms with van der Waals surface area (Å²) in [5, 5.41) is 0. The molecule has 0 N–H and O–H groups in total. The Labute approximate surface area is 95.8 Å². The Kier molecular flexibility index (Phi) is 3.14. The van der Waals surface area contributed by atoms with Gasteiger partial charge in [0, 0.05) is 0 Å². The average molecular weight is 208 g/mol. The topological polar surface area (TPSA) is 0 Å². The molecular weight excluding hydrogens is 180 g/mol. The van der Waals surface area contributed by atoms with Crippen molar-refractivity contribution in [2.75, 3.05) is 0 Å². The van der Waals surface area contributed by atoms with Crippen molar-refractivity contribution in [3.05, 3.63) is 0 Å². The molecule has 0 aromatic heterocycles. The Hall–Kier alpha value is 0. The third-order valence-corrected chi connectivity index (χ3v) is 5.52. The van der Waals surface area contributed by atoms with E-state index in [0.29, 0.717) is 0 Å². The van der Waals surface area contributed by atoms with Crippen LogP contribution in [-0.4, -0.2) is 0 Å². The first-order chi connectivity index (χ1) is 7.07. The van der Waals surface area contributed by atoms with Gasteiger partial charge in [-0.2, -0.15) is 0 Å². The predicted molar refractivity (Wildman–Crippen MR) is 66.7 cm³/mol. The molecule has 2 aliphatic rings. The number of hydrogen-bond acceptors (Lipinski definition) is 0. The first-order valence-corrected chi connectivity index (χ1v) is 7.07. The highest BCUT2D eigenvalue weighted by molar-refractivity contribution is 5.07. The van der Waals surface area contributed by atoms with Crippen LogP contribution in [0.4, 0.5) is 0 Å². The highest BCUT2D eigenvalue weighted by Gasteiger charge is 2.59. The Bertz CT molecular complexity index is 218. The van der Waals surface area contributed by atoms with Gasteiger partial charge in [-0.3, -0.25) is 0 Å². The molecule has 15 heavy (non-hydrogen) atoms. The van der Waals surface area contributed by atoms with Gasteiger partial charge in [0.15, 0.2) is 0 Å². The van der Waals surface area contributed by atoms with Gasteiger partial charge in [0.25, 0.3) is 0 Å². The summed E-state index contributed by atoms with van der Waals surface area (Å²) in [6, 6.07) is 0. The van der Waals surface area contributed by atoms with E-state index in [9.17, 15) is 0 Å². The SMILES string of the molecule is CCCC(C)C1C(C)C2CC(C(C)C)C21. The average Bonchev–Trinajstić information content (AvgIpc) is 2.11. The lowest BCUT2D eigenvalue weighted by Crippen LogP contribution is -2.60. The molecule has 0 radical (unpaired) electrons. The summed E-state index contributed by atoms with van der Waals surface area (Å²) in [7, 11) is 0. The molecule has 2 fully saturated rings. The van der Waals surface area contributed by atoms with Crippen LogP contribution in [0.3, 0.4) is 0 Å². The van der Waals surface area contributed by atoms with Crippen molar-refractivity contribution >= 4 is 0 Å². The molecule has 2 aliphatic carbocycles. The summed E-state index contributed by atoms with van der Waals surface area (Å²) >= 11 is 0. The monoisotopic (exact) mass is 208 g/mol. The van der Waals surface area contributed by atoms with Crippen LogP contribution in [0.25, 0.3) is 0 Å². The van der Waals surface area contributed by atoms with E-state index in [-0.39, 0.29) is 0 Å². The van der Waals surface area contributed by atoms with Crippen LogP contribution in [0.2, 0.25) is 0 Å². The van der Waals surface area contributed by atoms with E-state index in [0.717, 1.165) is 41.4 Å². The normalized spacial score (nSPS) is 45.6. The maximum absolute atomic E-state index is 2.51. The minimum atomic E-state index is 0.926. The molecule has 0 saturated heterocycles. The van der Waals surface area contributed by atoms with E-state index < -0.39 is 0 Å². The minimum absolute atomic E-state index is 0.926. The standard InChI is InChI=1S/C15H28/c1-6-7-10(4)14-11(5)13-8-12(9(2)3)15(13)14/h9-15H,6-8H2,1-5H3. The number of rotatable bonds is 4. The lowest BCUT2D eigenvalue weighted by molar-refractivity contribution is -0.179. The lowest BCUT2D eigenvalue weighted by Gasteiger charge is -2.66. The van der Waals surface area contributed by atoms with E-state index in [1.807, 2.05) is 0 Å². The van der Waals surface area contributed by atoms with Crippen LogP contribution in [-0.2, 0) is 0 Å². The van der Waals surface area contributed by atoms with Crippen molar-refractivity contribution in [1.29, 1.82) is 0 Å². The molecule has 0 amide bonds. The number of hydrogen-bond donors (Lipinski definition) is 0. The van der Waals surface area contributed by atoms with Gasteiger partial charge in [-0.05, 0) is 47.8 Å². The van der Waals surface area contributed by atoms with Crippen molar-refractivity contribution < 1.29 is 0 Å². The van der Waals surface area contributed by atoms with Crippen LogP contribution in [0.5, 0.6) is 0 Å². The molecule has 2 saturated carbocycles. The molecule has 6 atom stereocenters.